The zero-order valence-electron chi connectivity index (χ0n) is 11.5. The van der Waals surface area contributed by atoms with Gasteiger partial charge in [0.2, 0.25) is 0 Å². The molecule has 3 aromatic rings. The highest BCUT2D eigenvalue weighted by Gasteiger charge is 2.16. The molecule has 0 unspecified atom stereocenters. The SMILES string of the molecule is O=C(Nc1nc(-c2ccc(Cl)cc2)cs1)c1c(Cl)cccc1Cl. The number of amides is 1. The summed E-state index contributed by atoms with van der Waals surface area (Å²) in [4.78, 5) is 16.7. The van der Waals surface area contributed by atoms with Crippen LogP contribution in [-0.2, 0) is 0 Å². The summed E-state index contributed by atoms with van der Waals surface area (Å²) in [5.74, 6) is -0.391. The number of carbonyl (C=O) groups is 1. The molecular formula is C16H9Cl3N2OS. The summed E-state index contributed by atoms with van der Waals surface area (Å²) in [6.07, 6.45) is 0. The summed E-state index contributed by atoms with van der Waals surface area (Å²) in [6.45, 7) is 0. The first-order valence-corrected chi connectivity index (χ1v) is 8.53. The van der Waals surface area contributed by atoms with Crippen LogP contribution in [0.25, 0.3) is 11.3 Å². The maximum atomic E-state index is 12.3. The van der Waals surface area contributed by atoms with Crippen molar-refractivity contribution in [1.82, 2.24) is 4.98 Å². The van der Waals surface area contributed by atoms with Gasteiger partial charge in [0.25, 0.3) is 5.91 Å². The molecule has 116 valence electrons. The number of hydrogen-bond acceptors (Lipinski definition) is 3. The molecule has 23 heavy (non-hydrogen) atoms. The Hall–Kier alpha value is -1.59. The van der Waals surface area contributed by atoms with Gasteiger partial charge < -0.3 is 0 Å². The van der Waals surface area contributed by atoms with Crippen molar-refractivity contribution in [3.8, 4) is 11.3 Å². The van der Waals surface area contributed by atoms with Crippen molar-refractivity contribution < 1.29 is 4.79 Å². The molecule has 0 saturated heterocycles. The average molecular weight is 384 g/mol. The summed E-state index contributed by atoms with van der Waals surface area (Å²) in [5, 5.41) is 6.29. The summed E-state index contributed by atoms with van der Waals surface area (Å²) >= 11 is 19.3. The molecule has 0 aliphatic rings. The maximum Gasteiger partial charge on any atom is 0.260 e. The number of carbonyl (C=O) groups excluding carboxylic acids is 1. The van der Waals surface area contributed by atoms with Crippen LogP contribution < -0.4 is 5.32 Å². The van der Waals surface area contributed by atoms with Gasteiger partial charge in [-0.1, -0.05) is 53.0 Å². The standard InChI is InChI=1S/C16H9Cl3N2OS/c17-10-6-4-9(5-7-10)13-8-23-16(20-13)21-15(22)14-11(18)2-1-3-12(14)19/h1-8H,(H,20,21,22). The van der Waals surface area contributed by atoms with E-state index in [4.69, 9.17) is 34.8 Å². The van der Waals surface area contributed by atoms with Gasteiger partial charge in [0, 0.05) is 16.0 Å². The third-order valence-electron chi connectivity index (χ3n) is 3.05. The molecule has 0 aliphatic carbocycles. The highest BCUT2D eigenvalue weighted by molar-refractivity contribution is 7.14. The molecule has 0 bridgehead atoms. The quantitative estimate of drug-likeness (QED) is 0.600. The third-order valence-corrected chi connectivity index (χ3v) is 4.69. The van der Waals surface area contributed by atoms with E-state index < -0.39 is 5.91 Å². The highest BCUT2D eigenvalue weighted by atomic mass is 35.5. The van der Waals surface area contributed by atoms with Gasteiger partial charge in [-0.05, 0) is 24.3 Å². The summed E-state index contributed by atoms with van der Waals surface area (Å²) < 4.78 is 0. The molecule has 2 aromatic carbocycles. The van der Waals surface area contributed by atoms with Gasteiger partial charge in [-0.15, -0.1) is 11.3 Å². The predicted molar refractivity (Wildman–Crippen MR) is 97.0 cm³/mol. The van der Waals surface area contributed by atoms with Gasteiger partial charge in [-0.25, -0.2) is 4.98 Å². The van der Waals surface area contributed by atoms with E-state index in [0.29, 0.717) is 20.2 Å². The molecule has 3 nitrogen and oxygen atoms in total. The Balaban J connectivity index is 1.82. The fourth-order valence-electron chi connectivity index (χ4n) is 1.96. The van der Waals surface area contributed by atoms with E-state index in [9.17, 15) is 4.79 Å². The van der Waals surface area contributed by atoms with Crippen molar-refractivity contribution in [2.24, 2.45) is 0 Å². The molecule has 0 aliphatic heterocycles. The predicted octanol–water partition coefficient (Wildman–Crippen LogP) is 6.02. The van der Waals surface area contributed by atoms with E-state index >= 15 is 0 Å². The molecule has 0 spiro atoms. The van der Waals surface area contributed by atoms with E-state index in [2.05, 4.69) is 10.3 Å². The van der Waals surface area contributed by atoms with Gasteiger partial charge in [0.1, 0.15) is 0 Å². The minimum Gasteiger partial charge on any atom is -0.298 e. The minimum atomic E-state index is -0.391. The van der Waals surface area contributed by atoms with Crippen LogP contribution in [0.1, 0.15) is 10.4 Å². The van der Waals surface area contributed by atoms with E-state index in [1.54, 1.807) is 30.3 Å². The van der Waals surface area contributed by atoms with Crippen LogP contribution in [0.15, 0.2) is 47.8 Å². The average Bonchev–Trinajstić information content (AvgIpc) is 2.96. The fourth-order valence-corrected chi connectivity index (χ4v) is 3.37. The Bertz CT molecular complexity index is 842. The number of anilines is 1. The zero-order chi connectivity index (χ0) is 16.4. The van der Waals surface area contributed by atoms with Crippen LogP contribution in [0.4, 0.5) is 5.13 Å². The number of aromatic nitrogens is 1. The molecule has 0 atom stereocenters. The summed E-state index contributed by atoms with van der Waals surface area (Å²) in [7, 11) is 0. The molecule has 1 aromatic heterocycles. The van der Waals surface area contributed by atoms with E-state index in [1.165, 1.54) is 11.3 Å². The van der Waals surface area contributed by atoms with Crippen molar-refractivity contribution in [3.05, 3.63) is 68.5 Å². The van der Waals surface area contributed by atoms with Crippen LogP contribution in [0.2, 0.25) is 15.1 Å². The summed E-state index contributed by atoms with van der Waals surface area (Å²) in [6, 6.07) is 12.2. The lowest BCUT2D eigenvalue weighted by Gasteiger charge is -2.05. The second-order valence-electron chi connectivity index (χ2n) is 4.60. The van der Waals surface area contributed by atoms with Gasteiger partial charge in [-0.3, -0.25) is 10.1 Å². The second kappa shape index (κ2) is 6.89. The molecule has 0 saturated carbocycles. The lowest BCUT2D eigenvalue weighted by molar-refractivity contribution is 0.102. The molecule has 0 fully saturated rings. The van der Waals surface area contributed by atoms with Crippen molar-refractivity contribution in [1.29, 1.82) is 0 Å². The molecule has 1 amide bonds. The number of nitrogens with one attached hydrogen (secondary N) is 1. The van der Waals surface area contributed by atoms with Gasteiger partial charge in [-0.2, -0.15) is 0 Å². The first-order valence-electron chi connectivity index (χ1n) is 6.51. The van der Waals surface area contributed by atoms with Gasteiger partial charge in [0.15, 0.2) is 5.13 Å². The lowest BCUT2D eigenvalue weighted by Crippen LogP contribution is -2.12. The Morgan fingerprint density at radius 1 is 1.00 bits per heavy atom. The van der Waals surface area contributed by atoms with Crippen molar-refractivity contribution in [2.45, 2.75) is 0 Å². The van der Waals surface area contributed by atoms with E-state index in [1.807, 2.05) is 17.5 Å². The van der Waals surface area contributed by atoms with Crippen molar-refractivity contribution in [3.63, 3.8) is 0 Å². The first-order chi connectivity index (χ1) is 11.0. The van der Waals surface area contributed by atoms with Crippen molar-refractivity contribution in [2.75, 3.05) is 5.32 Å². The monoisotopic (exact) mass is 382 g/mol. The third kappa shape index (κ3) is 3.67. The molecule has 0 radical (unpaired) electrons. The number of nitrogens with zero attached hydrogens (tertiary/aromatic N) is 1. The Labute approximate surface area is 151 Å². The van der Waals surface area contributed by atoms with E-state index in [0.717, 1.165) is 11.3 Å². The number of benzene rings is 2. The zero-order valence-corrected chi connectivity index (χ0v) is 14.6. The number of rotatable bonds is 3. The molecule has 1 N–H and O–H groups in total. The van der Waals surface area contributed by atoms with Crippen LogP contribution >= 0.6 is 46.1 Å². The topological polar surface area (TPSA) is 42.0 Å². The molecule has 7 heteroatoms. The molecular weight excluding hydrogens is 375 g/mol. The molecule has 3 rings (SSSR count). The number of thiazole rings is 1. The highest BCUT2D eigenvalue weighted by Crippen LogP contribution is 2.28. The van der Waals surface area contributed by atoms with Crippen LogP contribution in [0.3, 0.4) is 0 Å². The number of halogens is 3. The summed E-state index contributed by atoms with van der Waals surface area (Å²) in [5.41, 5.74) is 1.91. The number of hydrogen-bond donors (Lipinski definition) is 1. The van der Waals surface area contributed by atoms with Crippen molar-refractivity contribution >= 4 is 57.2 Å². The van der Waals surface area contributed by atoms with Crippen LogP contribution in [0, 0.1) is 0 Å². The van der Waals surface area contributed by atoms with Crippen LogP contribution in [0.5, 0.6) is 0 Å². The fraction of sp³-hybridized carbons (Fsp3) is 0. The largest absolute Gasteiger partial charge is 0.298 e. The molecule has 1 heterocycles. The van der Waals surface area contributed by atoms with Crippen LogP contribution in [-0.4, -0.2) is 10.9 Å². The lowest BCUT2D eigenvalue weighted by atomic mass is 10.2. The van der Waals surface area contributed by atoms with Gasteiger partial charge in [0.05, 0.1) is 21.3 Å². The van der Waals surface area contributed by atoms with Gasteiger partial charge >= 0.3 is 0 Å². The second-order valence-corrected chi connectivity index (χ2v) is 6.70. The van der Waals surface area contributed by atoms with E-state index in [-0.39, 0.29) is 5.56 Å². The Kier molecular flexibility index (Phi) is 4.87. The minimum absolute atomic E-state index is 0.235. The normalized spacial score (nSPS) is 10.6. The Morgan fingerprint density at radius 3 is 2.30 bits per heavy atom. The smallest absolute Gasteiger partial charge is 0.260 e. The maximum absolute atomic E-state index is 12.3. The Morgan fingerprint density at radius 2 is 1.65 bits per heavy atom. The first kappa shape index (κ1) is 16.3.